The van der Waals surface area contributed by atoms with Crippen molar-refractivity contribution in [3.05, 3.63) is 24.3 Å². The molecule has 9 atom stereocenters. The number of carbonyl (C=O) groups is 1. The van der Waals surface area contributed by atoms with Crippen molar-refractivity contribution < 1.29 is 19.7 Å². The topological polar surface area (TPSA) is 66.8 Å². The highest BCUT2D eigenvalue weighted by Crippen LogP contribution is 2.75. The minimum atomic E-state index is -0.856. The fraction of sp³-hybridized carbons (Fsp3) is 0.848. The minimum absolute atomic E-state index is 0.00948. The van der Waals surface area contributed by atoms with Gasteiger partial charge in [0.2, 0.25) is 0 Å². The predicted octanol–water partition coefficient (Wildman–Crippen LogP) is 6.85. The molecule has 4 nitrogen and oxygen atoms in total. The second kappa shape index (κ2) is 8.43. The first kappa shape index (κ1) is 27.4. The standard InChI is InChI=1S/C33H52O4/c1-9-18-37-27(36)33-17-16-28(2,3)19-22(33)21-10-11-24-30(6)14-13-25(34)29(4,5)23(30)12-15-31(24,7)32(21,8)20-26(33)35/h9-10,22-26,34-35H,1,11-20H2,2-8H3/t22-,23-,24+,25-,26+,30-,31+,32+,33+/m0/s1. The largest absolute Gasteiger partial charge is 0.461 e. The monoisotopic (exact) mass is 512 g/mol. The van der Waals surface area contributed by atoms with E-state index in [0.29, 0.717) is 24.7 Å². The summed E-state index contributed by atoms with van der Waals surface area (Å²) in [5.41, 5.74) is 0.654. The van der Waals surface area contributed by atoms with Gasteiger partial charge in [0.05, 0.1) is 12.2 Å². The number of carbonyl (C=O) groups excluding carboxylic acids is 1. The van der Waals surface area contributed by atoms with E-state index in [1.807, 2.05) is 0 Å². The summed E-state index contributed by atoms with van der Waals surface area (Å²) in [6, 6.07) is 0. The molecule has 0 radical (unpaired) electrons. The molecule has 0 bridgehead atoms. The summed E-state index contributed by atoms with van der Waals surface area (Å²) in [7, 11) is 0. The van der Waals surface area contributed by atoms with E-state index in [4.69, 9.17) is 4.74 Å². The Morgan fingerprint density at radius 2 is 1.68 bits per heavy atom. The third kappa shape index (κ3) is 3.49. The zero-order chi connectivity index (χ0) is 27.2. The second-order valence-corrected chi connectivity index (χ2v) is 15.7. The normalized spacial score (nSPS) is 49.9. The first-order chi connectivity index (χ1) is 17.1. The maximum Gasteiger partial charge on any atom is 0.315 e. The molecule has 4 fully saturated rings. The summed E-state index contributed by atoms with van der Waals surface area (Å²) < 4.78 is 5.73. The zero-order valence-corrected chi connectivity index (χ0v) is 24.5. The molecule has 208 valence electrons. The highest BCUT2D eigenvalue weighted by molar-refractivity contribution is 5.80. The van der Waals surface area contributed by atoms with E-state index in [-0.39, 0.29) is 51.7 Å². The number of hydrogen-bond acceptors (Lipinski definition) is 4. The Morgan fingerprint density at radius 1 is 0.973 bits per heavy atom. The first-order valence-electron chi connectivity index (χ1n) is 14.9. The number of aliphatic hydroxyl groups is 2. The number of fused-ring (bicyclic) bond motifs is 7. The van der Waals surface area contributed by atoms with Crippen molar-refractivity contribution in [2.75, 3.05) is 6.61 Å². The molecule has 4 heteroatoms. The van der Waals surface area contributed by atoms with Gasteiger partial charge in [-0.15, -0.1) is 0 Å². The summed E-state index contributed by atoms with van der Waals surface area (Å²) in [6.45, 7) is 20.6. The van der Waals surface area contributed by atoms with Gasteiger partial charge < -0.3 is 14.9 Å². The summed E-state index contributed by atoms with van der Waals surface area (Å²) in [4.78, 5) is 13.7. The van der Waals surface area contributed by atoms with Crippen LogP contribution in [0.25, 0.3) is 0 Å². The fourth-order valence-corrected chi connectivity index (χ4v) is 11.0. The molecule has 5 aliphatic rings. The van der Waals surface area contributed by atoms with E-state index in [1.165, 1.54) is 5.57 Å². The molecule has 5 rings (SSSR count). The SMILES string of the molecule is C=CCOC(=O)[C@]12CCC(C)(C)C[C@H]1C1=CC[C@@H]3[C@@]4(C)CC[C@H](O)C(C)(C)[C@@H]4CC[C@@]3(C)[C@]1(C)C[C@H]2O. The van der Waals surface area contributed by atoms with Crippen molar-refractivity contribution in [1.82, 2.24) is 0 Å². The van der Waals surface area contributed by atoms with E-state index in [0.717, 1.165) is 44.9 Å². The van der Waals surface area contributed by atoms with Gasteiger partial charge in [-0.2, -0.15) is 0 Å². The van der Waals surface area contributed by atoms with E-state index in [1.54, 1.807) is 6.08 Å². The third-order valence-corrected chi connectivity index (χ3v) is 13.4. The van der Waals surface area contributed by atoms with Crippen LogP contribution in [0.1, 0.15) is 106 Å². The number of ether oxygens (including phenoxy) is 1. The number of hydrogen-bond donors (Lipinski definition) is 2. The first-order valence-corrected chi connectivity index (χ1v) is 14.9. The maximum atomic E-state index is 13.7. The fourth-order valence-electron chi connectivity index (χ4n) is 11.0. The van der Waals surface area contributed by atoms with Crippen molar-refractivity contribution in [3.8, 4) is 0 Å². The van der Waals surface area contributed by atoms with Gasteiger partial charge in [0.15, 0.2) is 0 Å². The van der Waals surface area contributed by atoms with Gasteiger partial charge in [0, 0.05) is 0 Å². The molecule has 0 amide bonds. The zero-order valence-electron chi connectivity index (χ0n) is 24.5. The Balaban J connectivity index is 1.61. The molecule has 4 saturated carbocycles. The molecule has 5 aliphatic carbocycles. The number of aliphatic hydroxyl groups excluding tert-OH is 2. The van der Waals surface area contributed by atoms with E-state index < -0.39 is 11.5 Å². The smallest absolute Gasteiger partial charge is 0.315 e. The van der Waals surface area contributed by atoms with Gasteiger partial charge >= 0.3 is 5.97 Å². The number of rotatable bonds is 3. The number of allylic oxidation sites excluding steroid dienone is 2. The van der Waals surface area contributed by atoms with Crippen LogP contribution in [0.15, 0.2) is 24.3 Å². The molecule has 0 spiro atoms. The van der Waals surface area contributed by atoms with Gasteiger partial charge in [0.25, 0.3) is 0 Å². The van der Waals surface area contributed by atoms with Crippen LogP contribution in [-0.4, -0.2) is 35.0 Å². The Kier molecular flexibility index (Phi) is 6.25. The van der Waals surface area contributed by atoms with Crippen molar-refractivity contribution >= 4 is 5.97 Å². The van der Waals surface area contributed by atoms with Gasteiger partial charge in [0.1, 0.15) is 12.0 Å². The summed E-state index contributed by atoms with van der Waals surface area (Å²) in [6.07, 6.45) is 11.5. The molecule has 0 aromatic carbocycles. The predicted molar refractivity (Wildman–Crippen MR) is 148 cm³/mol. The van der Waals surface area contributed by atoms with E-state index in [2.05, 4.69) is 61.1 Å². The molecule has 0 unspecified atom stereocenters. The van der Waals surface area contributed by atoms with Gasteiger partial charge in [-0.3, -0.25) is 4.79 Å². The molecule has 2 N–H and O–H groups in total. The van der Waals surface area contributed by atoms with Crippen molar-refractivity contribution in [1.29, 1.82) is 0 Å². The molecular weight excluding hydrogens is 460 g/mol. The Morgan fingerprint density at radius 3 is 2.35 bits per heavy atom. The van der Waals surface area contributed by atoms with Gasteiger partial charge in [-0.1, -0.05) is 72.8 Å². The minimum Gasteiger partial charge on any atom is -0.461 e. The molecule has 0 saturated heterocycles. The van der Waals surface area contributed by atoms with Crippen LogP contribution >= 0.6 is 0 Å². The lowest BCUT2D eigenvalue weighted by Gasteiger charge is -2.71. The summed E-state index contributed by atoms with van der Waals surface area (Å²) in [5.74, 6) is 0.781. The van der Waals surface area contributed by atoms with Crippen LogP contribution in [0.4, 0.5) is 0 Å². The lowest BCUT2D eigenvalue weighted by Crippen LogP contribution is -2.67. The molecule has 0 aromatic heterocycles. The molecule has 0 heterocycles. The highest BCUT2D eigenvalue weighted by Gasteiger charge is 2.71. The van der Waals surface area contributed by atoms with Crippen molar-refractivity contribution in [3.63, 3.8) is 0 Å². The van der Waals surface area contributed by atoms with Gasteiger partial charge in [-0.05, 0) is 103 Å². The van der Waals surface area contributed by atoms with Crippen LogP contribution < -0.4 is 0 Å². The average Bonchev–Trinajstić information content (AvgIpc) is 2.80. The van der Waals surface area contributed by atoms with Crippen LogP contribution in [0.5, 0.6) is 0 Å². The second-order valence-electron chi connectivity index (χ2n) is 15.7. The third-order valence-electron chi connectivity index (χ3n) is 13.4. The highest BCUT2D eigenvalue weighted by atomic mass is 16.5. The molecule has 37 heavy (non-hydrogen) atoms. The Labute approximate surface area is 225 Å². The summed E-state index contributed by atoms with van der Waals surface area (Å²) >= 11 is 0. The van der Waals surface area contributed by atoms with Gasteiger partial charge in [-0.25, -0.2) is 0 Å². The lowest BCUT2D eigenvalue weighted by molar-refractivity contribution is -0.220. The average molecular weight is 513 g/mol. The van der Waals surface area contributed by atoms with Crippen molar-refractivity contribution in [2.45, 2.75) is 118 Å². The van der Waals surface area contributed by atoms with Crippen LogP contribution in [0.3, 0.4) is 0 Å². The van der Waals surface area contributed by atoms with Crippen molar-refractivity contribution in [2.24, 2.45) is 50.2 Å². The summed E-state index contributed by atoms with van der Waals surface area (Å²) in [5, 5.41) is 23.0. The Hall–Kier alpha value is -1.13. The quantitative estimate of drug-likeness (QED) is 0.321. The van der Waals surface area contributed by atoms with Crippen LogP contribution in [0, 0.1) is 50.2 Å². The van der Waals surface area contributed by atoms with Crippen LogP contribution in [-0.2, 0) is 9.53 Å². The van der Waals surface area contributed by atoms with E-state index in [9.17, 15) is 15.0 Å². The number of esters is 1. The molecule has 0 aromatic rings. The molecule has 0 aliphatic heterocycles. The maximum absolute atomic E-state index is 13.7. The van der Waals surface area contributed by atoms with Crippen LogP contribution in [0.2, 0.25) is 0 Å². The van der Waals surface area contributed by atoms with E-state index >= 15 is 0 Å². The molecular formula is C33H52O4. The Bertz CT molecular complexity index is 994. The lowest BCUT2D eigenvalue weighted by atomic mass is 9.33.